The first-order valence-corrected chi connectivity index (χ1v) is 5.27. The summed E-state index contributed by atoms with van der Waals surface area (Å²) in [5.74, 6) is -1.04. The van der Waals surface area contributed by atoms with Gasteiger partial charge in [-0.05, 0) is 6.92 Å². The summed E-state index contributed by atoms with van der Waals surface area (Å²) in [5.41, 5.74) is 0.456. The van der Waals surface area contributed by atoms with Crippen LogP contribution in [-0.2, 0) is 24.5 Å². The van der Waals surface area contributed by atoms with Crippen molar-refractivity contribution in [3.8, 4) is 0 Å². The van der Waals surface area contributed by atoms with Crippen molar-refractivity contribution in [1.82, 2.24) is 9.97 Å². The monoisotopic (exact) mass is 296 g/mol. The minimum absolute atomic E-state index is 0. The van der Waals surface area contributed by atoms with Crippen molar-refractivity contribution in [3.05, 3.63) is 23.8 Å². The molecule has 0 saturated heterocycles. The number of rotatable bonds is 1. The van der Waals surface area contributed by atoms with Crippen LogP contribution >= 0.6 is 0 Å². The van der Waals surface area contributed by atoms with Crippen molar-refractivity contribution in [3.63, 3.8) is 0 Å². The van der Waals surface area contributed by atoms with Gasteiger partial charge in [0.2, 0.25) is 0 Å². The van der Waals surface area contributed by atoms with E-state index in [-0.39, 0.29) is 57.1 Å². The van der Waals surface area contributed by atoms with Gasteiger partial charge in [-0.3, -0.25) is 4.98 Å². The molecular formula is C6H6KMnN2O6. The molecule has 0 aliphatic rings. The van der Waals surface area contributed by atoms with Crippen LogP contribution < -0.4 is 55.6 Å². The molecule has 1 heterocycles. The third-order valence-electron chi connectivity index (χ3n) is 1.08. The molecule has 0 spiro atoms. The number of nitrogens with zero attached hydrogens (tertiary/aromatic N) is 2. The average molecular weight is 296 g/mol. The van der Waals surface area contributed by atoms with E-state index in [1.165, 1.54) is 12.4 Å². The molecule has 0 unspecified atom stereocenters. The van der Waals surface area contributed by atoms with E-state index >= 15 is 0 Å². The standard InChI is InChI=1S/C6H6N2O2.K.Mn.4O/c1-4-5(6(9)10)8-3-2-7-4;;;;;;/h2-3H,1H3,(H,9,10);;;;;;/q;+1;;;;;-1. The zero-order valence-electron chi connectivity index (χ0n) is 8.42. The minimum atomic E-state index is -5.62. The Kier molecular flexibility index (Phi) is 9.45. The van der Waals surface area contributed by atoms with Crippen LogP contribution in [0.15, 0.2) is 12.4 Å². The molecule has 1 aromatic rings. The molecule has 0 radical (unpaired) electrons. The molecule has 0 amide bonds. The normalized spacial score (nSPS) is 9.38. The zero-order valence-corrected chi connectivity index (χ0v) is 12.7. The predicted octanol–water partition coefficient (Wildman–Crippen LogP) is -4.06. The molecule has 0 saturated carbocycles. The molecular weight excluding hydrogens is 290 g/mol. The van der Waals surface area contributed by atoms with E-state index < -0.39 is 18.9 Å². The Morgan fingerprint density at radius 3 is 1.94 bits per heavy atom. The topological polar surface area (TPSA) is 137 Å². The second-order valence-electron chi connectivity index (χ2n) is 2.17. The van der Waals surface area contributed by atoms with Crippen LogP contribution in [0.1, 0.15) is 16.2 Å². The van der Waals surface area contributed by atoms with Crippen molar-refractivity contribution in [2.75, 3.05) is 0 Å². The number of carbonyl (C=O) groups is 1. The van der Waals surface area contributed by atoms with E-state index in [1.807, 2.05) is 0 Å². The zero-order chi connectivity index (χ0) is 12.1. The van der Waals surface area contributed by atoms with Gasteiger partial charge in [0.15, 0.2) is 5.69 Å². The Hall–Kier alpha value is 0.0658. The third-order valence-corrected chi connectivity index (χ3v) is 1.08. The molecule has 1 aromatic heterocycles. The average Bonchev–Trinajstić information content (AvgIpc) is 2.01. The Morgan fingerprint density at radius 2 is 1.69 bits per heavy atom. The van der Waals surface area contributed by atoms with E-state index in [2.05, 4.69) is 9.97 Å². The Bertz CT molecular complexity index is 494. The summed E-state index contributed by atoms with van der Waals surface area (Å²) >= 11 is -5.62. The van der Waals surface area contributed by atoms with Crippen molar-refractivity contribution in [2.24, 2.45) is 0 Å². The predicted molar refractivity (Wildman–Crippen MR) is 35.8 cm³/mol. The van der Waals surface area contributed by atoms with Gasteiger partial charge in [-0.1, -0.05) is 0 Å². The molecule has 1 N–H and O–H groups in total. The van der Waals surface area contributed by atoms with Gasteiger partial charge in [-0.15, -0.1) is 0 Å². The molecule has 0 bridgehead atoms. The maximum absolute atomic E-state index is 10.3. The third kappa shape index (κ3) is 10.6. The van der Waals surface area contributed by atoms with Crippen molar-refractivity contribution in [1.29, 1.82) is 0 Å². The van der Waals surface area contributed by atoms with Gasteiger partial charge in [-0.25, -0.2) is 9.78 Å². The first kappa shape index (κ1) is 18.4. The van der Waals surface area contributed by atoms with E-state index in [4.69, 9.17) is 20.8 Å². The van der Waals surface area contributed by atoms with Gasteiger partial charge in [0.05, 0.1) is 5.69 Å². The molecule has 8 nitrogen and oxygen atoms in total. The summed E-state index contributed by atoms with van der Waals surface area (Å²) in [6.07, 6.45) is 2.82. The van der Waals surface area contributed by atoms with Gasteiger partial charge >= 0.3 is 86.0 Å². The van der Waals surface area contributed by atoms with Crippen LogP contribution in [-0.4, -0.2) is 21.0 Å². The first-order valence-electron chi connectivity index (χ1n) is 3.34. The van der Waals surface area contributed by atoms with Crippen molar-refractivity contribution in [2.45, 2.75) is 6.92 Å². The number of aromatic carboxylic acids is 1. The van der Waals surface area contributed by atoms with E-state index in [1.54, 1.807) is 6.92 Å². The van der Waals surface area contributed by atoms with E-state index in [9.17, 15) is 4.79 Å². The number of hydrogen-bond acceptors (Lipinski definition) is 7. The molecule has 0 fully saturated rings. The van der Waals surface area contributed by atoms with E-state index in [0.29, 0.717) is 5.69 Å². The quantitative estimate of drug-likeness (QED) is 0.517. The van der Waals surface area contributed by atoms with E-state index in [0.717, 1.165) is 0 Å². The molecule has 1 rings (SSSR count). The molecule has 16 heavy (non-hydrogen) atoms. The number of aromatic nitrogens is 2. The van der Waals surface area contributed by atoms with Gasteiger partial charge in [-0.2, -0.15) is 0 Å². The summed E-state index contributed by atoms with van der Waals surface area (Å²) in [7, 11) is 0. The summed E-state index contributed by atoms with van der Waals surface area (Å²) in [6.45, 7) is 1.61. The SMILES string of the molecule is Cc1nccnc1C(=O)O.[K+].[O]=[Mn](=[O])(=[O])[O-]. The molecule has 0 atom stereocenters. The summed E-state index contributed by atoms with van der Waals surface area (Å²) in [6, 6.07) is 0. The van der Waals surface area contributed by atoms with Crippen molar-refractivity contribution >= 4 is 5.97 Å². The van der Waals surface area contributed by atoms with Crippen LogP contribution in [0.5, 0.6) is 0 Å². The number of aryl methyl sites for hydroxylation is 1. The van der Waals surface area contributed by atoms with Gasteiger partial charge < -0.3 is 5.11 Å². The second-order valence-corrected chi connectivity index (χ2v) is 3.35. The van der Waals surface area contributed by atoms with Crippen molar-refractivity contribution < 1.29 is 89.9 Å². The van der Waals surface area contributed by atoms with Gasteiger partial charge in [0, 0.05) is 12.4 Å². The Morgan fingerprint density at radius 1 is 1.31 bits per heavy atom. The fraction of sp³-hybridized carbons (Fsp3) is 0.167. The first-order chi connectivity index (χ1) is 6.72. The molecule has 84 valence electrons. The summed E-state index contributed by atoms with van der Waals surface area (Å²) in [4.78, 5) is 17.7. The van der Waals surface area contributed by atoms with Gasteiger partial charge in [0.25, 0.3) is 0 Å². The fourth-order valence-electron chi connectivity index (χ4n) is 0.618. The molecule has 0 aliphatic heterocycles. The van der Waals surface area contributed by atoms with Crippen LogP contribution in [0.2, 0.25) is 0 Å². The van der Waals surface area contributed by atoms with Crippen LogP contribution in [0, 0.1) is 6.92 Å². The Balaban J connectivity index is 0. The van der Waals surface area contributed by atoms with Crippen LogP contribution in [0.25, 0.3) is 0 Å². The molecule has 10 heteroatoms. The summed E-state index contributed by atoms with van der Waals surface area (Å²) in [5, 5.41) is 8.46. The second kappa shape index (κ2) is 8.20. The Labute approximate surface area is 135 Å². The summed E-state index contributed by atoms with van der Waals surface area (Å²) < 4.78 is 34.3. The van der Waals surface area contributed by atoms with Crippen LogP contribution in [0.4, 0.5) is 0 Å². The number of hydrogen-bond donors (Lipinski definition) is 1. The molecule has 0 aliphatic carbocycles. The number of carboxylic acids is 1. The molecule has 0 aromatic carbocycles. The maximum atomic E-state index is 10.3. The number of carboxylic acid groups (broad SMARTS) is 1. The fourth-order valence-corrected chi connectivity index (χ4v) is 0.618. The van der Waals surface area contributed by atoms with Gasteiger partial charge in [0.1, 0.15) is 0 Å². The van der Waals surface area contributed by atoms with Crippen LogP contribution in [0.3, 0.4) is 0 Å².